The smallest absolute Gasteiger partial charge is 0.0129 e. The van der Waals surface area contributed by atoms with E-state index in [-0.39, 0.29) is 0 Å². The second-order valence-corrected chi connectivity index (χ2v) is 2.13. The minimum Gasteiger partial charge on any atom is -0.404 e. The fourth-order valence-corrected chi connectivity index (χ4v) is 0.774. The van der Waals surface area contributed by atoms with Crippen molar-refractivity contribution in [1.29, 1.82) is 0 Å². The number of hydrogen-bond acceptors (Lipinski definition) is 2. The highest BCUT2D eigenvalue weighted by molar-refractivity contribution is 5.46. The van der Waals surface area contributed by atoms with E-state index in [1.54, 1.807) is 19.1 Å². The van der Waals surface area contributed by atoms with Crippen LogP contribution in [0.4, 0.5) is 0 Å². The van der Waals surface area contributed by atoms with Gasteiger partial charge in [-0.25, -0.2) is 0 Å². The van der Waals surface area contributed by atoms with E-state index >= 15 is 0 Å². The summed E-state index contributed by atoms with van der Waals surface area (Å²) in [6, 6.07) is 0. The Hall–Kier alpha value is -1.44. The molecule has 0 aliphatic carbocycles. The molecular weight excluding hydrogens is 136 g/mol. The van der Waals surface area contributed by atoms with E-state index in [0.29, 0.717) is 5.70 Å². The van der Waals surface area contributed by atoms with Crippen molar-refractivity contribution in [3.63, 3.8) is 0 Å². The molecule has 0 fully saturated rings. The van der Waals surface area contributed by atoms with Gasteiger partial charge in [-0.05, 0) is 12.5 Å². The van der Waals surface area contributed by atoms with Crippen molar-refractivity contribution in [1.82, 2.24) is 0 Å². The predicted molar refractivity (Wildman–Crippen MR) is 49.6 cm³/mol. The van der Waals surface area contributed by atoms with E-state index in [4.69, 9.17) is 11.5 Å². The molecule has 0 saturated carbocycles. The molecule has 0 amide bonds. The fourth-order valence-electron chi connectivity index (χ4n) is 0.774. The van der Waals surface area contributed by atoms with Crippen molar-refractivity contribution in [2.75, 3.05) is 0 Å². The topological polar surface area (TPSA) is 52.0 Å². The van der Waals surface area contributed by atoms with Crippen LogP contribution >= 0.6 is 0 Å². The van der Waals surface area contributed by atoms with Crippen LogP contribution in [0.25, 0.3) is 0 Å². The van der Waals surface area contributed by atoms with Gasteiger partial charge in [0.25, 0.3) is 0 Å². The lowest BCUT2D eigenvalue weighted by atomic mass is 10.1. The molecule has 2 heteroatoms. The summed E-state index contributed by atoms with van der Waals surface area (Å²) < 4.78 is 0. The Kier molecular flexibility index (Phi) is 3.81. The molecule has 0 radical (unpaired) electrons. The van der Waals surface area contributed by atoms with Crippen molar-refractivity contribution in [3.8, 4) is 0 Å². The third-order valence-electron chi connectivity index (χ3n) is 1.34. The first-order valence-corrected chi connectivity index (χ1v) is 3.30. The van der Waals surface area contributed by atoms with Gasteiger partial charge >= 0.3 is 0 Å². The van der Waals surface area contributed by atoms with Gasteiger partial charge in [0, 0.05) is 17.5 Å². The quantitative estimate of drug-likeness (QED) is 0.598. The SMILES string of the molecule is C=CC(=C/N)/C(C=C)=C(/C)N. The molecule has 0 aromatic rings. The van der Waals surface area contributed by atoms with Crippen LogP contribution < -0.4 is 11.5 Å². The molecule has 60 valence electrons. The van der Waals surface area contributed by atoms with E-state index in [1.165, 1.54) is 6.20 Å². The van der Waals surface area contributed by atoms with Crippen molar-refractivity contribution < 1.29 is 0 Å². The maximum Gasteiger partial charge on any atom is 0.0129 e. The van der Waals surface area contributed by atoms with Crippen molar-refractivity contribution in [3.05, 3.63) is 48.4 Å². The summed E-state index contributed by atoms with van der Waals surface area (Å²) in [7, 11) is 0. The average molecular weight is 150 g/mol. The van der Waals surface area contributed by atoms with Gasteiger partial charge in [0.1, 0.15) is 0 Å². The van der Waals surface area contributed by atoms with Crippen LogP contribution in [0.5, 0.6) is 0 Å². The molecule has 0 unspecified atom stereocenters. The summed E-state index contributed by atoms with van der Waals surface area (Å²) >= 11 is 0. The van der Waals surface area contributed by atoms with Crippen LogP contribution in [0, 0.1) is 0 Å². The maximum atomic E-state index is 5.56. The lowest BCUT2D eigenvalue weighted by molar-refractivity contribution is 1.25. The molecule has 0 saturated heterocycles. The Morgan fingerprint density at radius 2 is 1.82 bits per heavy atom. The summed E-state index contributed by atoms with van der Waals surface area (Å²) in [5.74, 6) is 0. The van der Waals surface area contributed by atoms with Gasteiger partial charge in [0.05, 0.1) is 0 Å². The van der Waals surface area contributed by atoms with Crippen LogP contribution in [-0.4, -0.2) is 0 Å². The van der Waals surface area contributed by atoms with Gasteiger partial charge in [0.2, 0.25) is 0 Å². The van der Waals surface area contributed by atoms with Crippen LogP contribution in [0.15, 0.2) is 48.4 Å². The highest BCUT2D eigenvalue weighted by Gasteiger charge is 1.97. The van der Waals surface area contributed by atoms with E-state index in [2.05, 4.69) is 13.2 Å². The molecule has 2 nitrogen and oxygen atoms in total. The van der Waals surface area contributed by atoms with Crippen LogP contribution in [0.1, 0.15) is 6.92 Å². The molecule has 0 aliphatic rings. The Balaban J connectivity index is 4.94. The lowest BCUT2D eigenvalue weighted by Crippen LogP contribution is -1.99. The van der Waals surface area contributed by atoms with Crippen molar-refractivity contribution >= 4 is 0 Å². The van der Waals surface area contributed by atoms with Gasteiger partial charge < -0.3 is 11.5 Å². The highest BCUT2D eigenvalue weighted by atomic mass is 14.6. The Morgan fingerprint density at radius 1 is 1.27 bits per heavy atom. The molecule has 4 N–H and O–H groups in total. The van der Waals surface area contributed by atoms with E-state index in [0.717, 1.165) is 11.1 Å². The number of rotatable bonds is 3. The molecule has 0 aromatic heterocycles. The third kappa shape index (κ3) is 2.34. The molecule has 11 heavy (non-hydrogen) atoms. The molecule has 0 bridgehead atoms. The van der Waals surface area contributed by atoms with Gasteiger partial charge in [0.15, 0.2) is 0 Å². The maximum absolute atomic E-state index is 5.56. The number of allylic oxidation sites excluding steroid dienone is 5. The Morgan fingerprint density at radius 3 is 1.91 bits per heavy atom. The Bertz CT molecular complexity index is 218. The zero-order valence-corrected chi connectivity index (χ0v) is 6.80. The summed E-state index contributed by atoms with van der Waals surface area (Å²) in [6.45, 7) is 9.01. The van der Waals surface area contributed by atoms with Gasteiger partial charge in [-0.15, -0.1) is 0 Å². The van der Waals surface area contributed by atoms with Crippen molar-refractivity contribution in [2.45, 2.75) is 6.92 Å². The normalized spacial score (nSPS) is 13.7. The van der Waals surface area contributed by atoms with Gasteiger partial charge in [-0.2, -0.15) is 0 Å². The van der Waals surface area contributed by atoms with Gasteiger partial charge in [-0.3, -0.25) is 0 Å². The standard InChI is InChI=1S/C9H14N2/c1-4-8(6-10)9(5-2)7(3)11/h4-6H,1-2,10-11H2,3H3/b8-6-,9-7-. The molecule has 0 spiro atoms. The average Bonchev–Trinajstić information content (AvgIpc) is 1.99. The van der Waals surface area contributed by atoms with E-state index in [9.17, 15) is 0 Å². The second kappa shape index (κ2) is 4.39. The lowest BCUT2D eigenvalue weighted by Gasteiger charge is -2.03. The minimum absolute atomic E-state index is 0.691. The zero-order chi connectivity index (χ0) is 8.85. The van der Waals surface area contributed by atoms with E-state index in [1.807, 2.05) is 0 Å². The largest absolute Gasteiger partial charge is 0.404 e. The minimum atomic E-state index is 0.691. The van der Waals surface area contributed by atoms with Gasteiger partial charge in [-0.1, -0.05) is 25.3 Å². The van der Waals surface area contributed by atoms with Crippen molar-refractivity contribution in [2.24, 2.45) is 11.5 Å². The van der Waals surface area contributed by atoms with Crippen LogP contribution in [0.3, 0.4) is 0 Å². The molecular formula is C9H14N2. The first-order chi connectivity index (χ1) is 5.17. The predicted octanol–water partition coefficient (Wildman–Crippen LogP) is 1.43. The molecule has 0 aromatic carbocycles. The summed E-state index contributed by atoms with van der Waals surface area (Å²) in [4.78, 5) is 0. The summed E-state index contributed by atoms with van der Waals surface area (Å²) in [5, 5.41) is 0. The second-order valence-electron chi connectivity index (χ2n) is 2.13. The summed E-state index contributed by atoms with van der Waals surface area (Å²) in [6.07, 6.45) is 4.77. The number of hydrogen-bond donors (Lipinski definition) is 2. The van der Waals surface area contributed by atoms with E-state index < -0.39 is 0 Å². The molecule has 0 aliphatic heterocycles. The van der Waals surface area contributed by atoms with Crippen LogP contribution in [0.2, 0.25) is 0 Å². The molecule has 0 atom stereocenters. The first-order valence-electron chi connectivity index (χ1n) is 3.30. The highest BCUT2D eigenvalue weighted by Crippen LogP contribution is 2.12. The molecule has 0 heterocycles. The number of nitrogens with two attached hydrogens (primary N) is 2. The Labute approximate surface area is 67.6 Å². The zero-order valence-electron chi connectivity index (χ0n) is 6.80. The summed E-state index contributed by atoms with van der Waals surface area (Å²) in [5.41, 5.74) is 13.2. The monoisotopic (exact) mass is 150 g/mol. The first kappa shape index (κ1) is 9.56. The third-order valence-corrected chi connectivity index (χ3v) is 1.34. The van der Waals surface area contributed by atoms with Crippen LogP contribution in [-0.2, 0) is 0 Å². The fraction of sp³-hybridized carbons (Fsp3) is 0.111. The molecule has 0 rings (SSSR count).